The molecule has 0 aliphatic heterocycles. The van der Waals surface area contributed by atoms with Crippen molar-refractivity contribution in [2.24, 2.45) is 0 Å². The van der Waals surface area contributed by atoms with Crippen molar-refractivity contribution in [2.45, 2.75) is 62.6 Å². The molecule has 0 heterocycles. The minimum Gasteiger partial charge on any atom is -0.352 e. The maximum atomic E-state index is 14.0. The molecule has 0 radical (unpaired) electrons. The topological polar surface area (TPSA) is 86.8 Å². The van der Waals surface area contributed by atoms with Crippen LogP contribution in [0.4, 0.5) is 10.1 Å². The average molecular weight is 678 g/mol. The van der Waals surface area contributed by atoms with Crippen molar-refractivity contribution in [1.82, 2.24) is 10.2 Å². The van der Waals surface area contributed by atoms with Gasteiger partial charge in [0.05, 0.1) is 10.6 Å². The van der Waals surface area contributed by atoms with E-state index >= 15 is 0 Å². The number of amides is 2. The second kappa shape index (κ2) is 13.6. The van der Waals surface area contributed by atoms with Gasteiger partial charge in [-0.3, -0.25) is 13.9 Å². The van der Waals surface area contributed by atoms with Crippen LogP contribution in [-0.2, 0) is 26.2 Å². The molecule has 4 rings (SSSR count). The van der Waals surface area contributed by atoms with Crippen LogP contribution in [0.15, 0.2) is 83.8 Å². The molecular weight excluding hydrogens is 644 g/mol. The van der Waals surface area contributed by atoms with Crippen LogP contribution in [0.1, 0.15) is 44.6 Å². The summed E-state index contributed by atoms with van der Waals surface area (Å²) in [5.41, 5.74) is 0.969. The molecule has 1 aliphatic carbocycles. The molecule has 1 N–H and O–H groups in total. The van der Waals surface area contributed by atoms with E-state index < -0.39 is 34.3 Å². The van der Waals surface area contributed by atoms with Gasteiger partial charge >= 0.3 is 0 Å². The number of nitrogens with zero attached hydrogens (tertiary/aromatic N) is 2. The lowest BCUT2D eigenvalue weighted by Crippen LogP contribution is -2.53. The van der Waals surface area contributed by atoms with E-state index in [9.17, 15) is 22.4 Å². The second-order valence-electron chi connectivity index (χ2n) is 9.86. The molecule has 10 heteroatoms. The van der Waals surface area contributed by atoms with Gasteiger partial charge in [0, 0.05) is 16.2 Å². The summed E-state index contributed by atoms with van der Waals surface area (Å²) in [4.78, 5) is 29.0. The van der Waals surface area contributed by atoms with Crippen LogP contribution < -0.4 is 9.62 Å². The molecule has 0 bridgehead atoms. The molecule has 1 aliphatic rings. The van der Waals surface area contributed by atoms with E-state index in [2.05, 4.69) is 27.9 Å². The normalized spacial score (nSPS) is 14.5. The Kier molecular flexibility index (Phi) is 10.2. The van der Waals surface area contributed by atoms with E-state index in [1.54, 1.807) is 54.6 Å². The third-order valence-corrected chi connectivity index (χ3v) is 9.59. The van der Waals surface area contributed by atoms with Crippen LogP contribution in [0, 0.1) is 9.39 Å². The summed E-state index contributed by atoms with van der Waals surface area (Å²) in [6.45, 7) is 1.34. The third kappa shape index (κ3) is 7.39. The lowest BCUT2D eigenvalue weighted by molar-refractivity contribution is -0.140. The fourth-order valence-corrected chi connectivity index (χ4v) is 6.72. The molecule has 7 nitrogen and oxygen atoms in total. The molecule has 2 amide bonds. The molecule has 3 aromatic carbocycles. The second-order valence-corrected chi connectivity index (χ2v) is 13.0. The number of carbonyl (C=O) groups is 2. The molecule has 1 atom stereocenters. The van der Waals surface area contributed by atoms with E-state index in [-0.39, 0.29) is 23.4 Å². The summed E-state index contributed by atoms with van der Waals surface area (Å²) in [5.74, 6) is -1.21. The molecule has 40 heavy (non-hydrogen) atoms. The first-order valence-electron chi connectivity index (χ1n) is 13.4. The van der Waals surface area contributed by atoms with E-state index in [1.807, 2.05) is 6.92 Å². The highest BCUT2D eigenvalue weighted by Gasteiger charge is 2.34. The summed E-state index contributed by atoms with van der Waals surface area (Å²) < 4.78 is 43.2. The first kappa shape index (κ1) is 30.0. The Morgan fingerprint density at radius 3 is 2.20 bits per heavy atom. The van der Waals surface area contributed by atoms with Gasteiger partial charge in [0.25, 0.3) is 10.0 Å². The summed E-state index contributed by atoms with van der Waals surface area (Å²) >= 11 is 2.13. The predicted octanol–water partition coefficient (Wildman–Crippen LogP) is 5.49. The van der Waals surface area contributed by atoms with Crippen LogP contribution in [0.5, 0.6) is 0 Å². The fraction of sp³-hybridized carbons (Fsp3) is 0.333. The monoisotopic (exact) mass is 677 g/mol. The zero-order valence-electron chi connectivity index (χ0n) is 22.3. The molecule has 0 aromatic heterocycles. The Bertz CT molecular complexity index is 1400. The number of hydrogen-bond acceptors (Lipinski definition) is 4. The number of nitrogens with one attached hydrogen (secondary N) is 1. The maximum absolute atomic E-state index is 14.0. The number of sulfonamides is 1. The van der Waals surface area contributed by atoms with Crippen LogP contribution in [-0.4, -0.2) is 43.8 Å². The van der Waals surface area contributed by atoms with Gasteiger partial charge in [-0.25, -0.2) is 12.8 Å². The van der Waals surface area contributed by atoms with Crippen molar-refractivity contribution in [3.63, 3.8) is 0 Å². The summed E-state index contributed by atoms with van der Waals surface area (Å²) in [7, 11) is -4.11. The summed E-state index contributed by atoms with van der Waals surface area (Å²) in [5, 5.41) is 3.08. The average Bonchev–Trinajstić information content (AvgIpc) is 3.46. The van der Waals surface area contributed by atoms with Gasteiger partial charge in [0.2, 0.25) is 11.8 Å². The van der Waals surface area contributed by atoms with Gasteiger partial charge < -0.3 is 10.2 Å². The van der Waals surface area contributed by atoms with Crippen LogP contribution >= 0.6 is 22.6 Å². The number of halogens is 2. The molecule has 3 aromatic rings. The van der Waals surface area contributed by atoms with Crippen molar-refractivity contribution < 1.29 is 22.4 Å². The Morgan fingerprint density at radius 2 is 1.60 bits per heavy atom. The molecular formula is C30H33FIN3O4S. The predicted molar refractivity (Wildman–Crippen MR) is 162 cm³/mol. The Labute approximate surface area is 248 Å². The number of rotatable bonds is 11. The molecule has 1 saturated carbocycles. The van der Waals surface area contributed by atoms with Crippen LogP contribution in [0.2, 0.25) is 0 Å². The molecule has 0 unspecified atom stereocenters. The van der Waals surface area contributed by atoms with Crippen LogP contribution in [0.3, 0.4) is 0 Å². The lowest BCUT2D eigenvalue weighted by Gasteiger charge is -2.33. The number of anilines is 1. The molecule has 1 fully saturated rings. The quantitative estimate of drug-likeness (QED) is 0.272. The van der Waals surface area contributed by atoms with Crippen molar-refractivity contribution >= 4 is 50.1 Å². The van der Waals surface area contributed by atoms with E-state index in [0.29, 0.717) is 17.7 Å². The van der Waals surface area contributed by atoms with Gasteiger partial charge in [-0.05, 0) is 95.9 Å². The summed E-state index contributed by atoms with van der Waals surface area (Å²) in [6, 6.07) is 19.8. The highest BCUT2D eigenvalue weighted by molar-refractivity contribution is 14.1. The number of hydrogen-bond donors (Lipinski definition) is 1. The minimum atomic E-state index is -4.11. The van der Waals surface area contributed by atoms with Crippen molar-refractivity contribution in [1.29, 1.82) is 0 Å². The Hall–Kier alpha value is -2.99. The third-order valence-electron chi connectivity index (χ3n) is 7.08. The first-order chi connectivity index (χ1) is 19.2. The molecule has 212 valence electrons. The Morgan fingerprint density at radius 1 is 0.975 bits per heavy atom. The largest absolute Gasteiger partial charge is 0.352 e. The van der Waals surface area contributed by atoms with E-state index in [1.165, 1.54) is 29.2 Å². The molecule has 0 spiro atoms. The highest BCUT2D eigenvalue weighted by Crippen LogP contribution is 2.26. The van der Waals surface area contributed by atoms with Crippen molar-refractivity contribution in [3.8, 4) is 0 Å². The highest BCUT2D eigenvalue weighted by atomic mass is 127. The number of carbonyl (C=O) groups excluding carboxylic acids is 2. The van der Waals surface area contributed by atoms with E-state index in [4.69, 9.17) is 0 Å². The fourth-order valence-electron chi connectivity index (χ4n) is 4.93. The Balaban J connectivity index is 1.69. The lowest BCUT2D eigenvalue weighted by atomic mass is 10.1. The summed E-state index contributed by atoms with van der Waals surface area (Å²) in [6.07, 6.45) is 4.21. The minimum absolute atomic E-state index is 0.0294. The first-order valence-corrected chi connectivity index (χ1v) is 15.9. The van der Waals surface area contributed by atoms with Gasteiger partial charge in [0.15, 0.2) is 0 Å². The van der Waals surface area contributed by atoms with Gasteiger partial charge in [-0.1, -0.05) is 50.1 Å². The van der Waals surface area contributed by atoms with Gasteiger partial charge in [0.1, 0.15) is 18.4 Å². The van der Waals surface area contributed by atoms with Crippen molar-refractivity contribution in [2.75, 3.05) is 10.8 Å². The van der Waals surface area contributed by atoms with Gasteiger partial charge in [-0.2, -0.15) is 0 Å². The zero-order valence-corrected chi connectivity index (χ0v) is 25.3. The van der Waals surface area contributed by atoms with Gasteiger partial charge in [-0.15, -0.1) is 0 Å². The van der Waals surface area contributed by atoms with E-state index in [0.717, 1.165) is 33.6 Å². The standard InChI is InChI=1S/C30H33FIN3O4S/c1-2-28(30(37)33-25-8-6-7-9-25)34(20-22-12-14-23(31)15-13-22)29(36)21-35(26-18-16-24(32)17-19-26)40(38,39)27-10-4-3-5-11-27/h3-5,10-19,25,28H,2,6-9,20-21H2,1H3,(H,33,37)/t28-/m1/s1. The molecule has 0 saturated heterocycles. The zero-order chi connectivity index (χ0) is 28.7. The smallest absolute Gasteiger partial charge is 0.264 e. The van der Waals surface area contributed by atoms with Crippen LogP contribution in [0.25, 0.3) is 0 Å². The maximum Gasteiger partial charge on any atom is 0.264 e. The van der Waals surface area contributed by atoms with Crippen molar-refractivity contribution in [3.05, 3.63) is 93.8 Å². The SMILES string of the molecule is CC[C@H](C(=O)NC1CCCC1)N(Cc1ccc(F)cc1)C(=O)CN(c1ccc(I)cc1)S(=O)(=O)c1ccccc1. The number of benzene rings is 3.